The molecule has 0 spiro atoms. The molecule has 0 atom stereocenters. The lowest BCUT2D eigenvalue weighted by Crippen LogP contribution is -1.99. The highest BCUT2D eigenvalue weighted by Gasteiger charge is 1.96. The molecule has 0 bridgehead atoms. The Balaban J connectivity index is -0.000000448. The normalized spacial score (nSPS) is 9.53. The first-order valence-electron chi connectivity index (χ1n) is 7.33. The molecule has 0 unspecified atom stereocenters. The molecule has 0 aliphatic heterocycles. The van der Waals surface area contributed by atoms with Crippen molar-refractivity contribution < 1.29 is 9.90 Å². The van der Waals surface area contributed by atoms with Crippen molar-refractivity contribution >= 4 is 5.97 Å². The number of unbranched alkanes of at least 4 members (excludes halogenated alkanes) is 8. The number of carboxylic acids is 1. The molecule has 0 aliphatic carbocycles. The molecule has 0 amide bonds. The summed E-state index contributed by atoms with van der Waals surface area (Å²) in [4.78, 5) is 12.2. The fourth-order valence-corrected chi connectivity index (χ4v) is 1.59. The highest BCUT2D eigenvalue weighted by molar-refractivity contribution is 5.66. The van der Waals surface area contributed by atoms with Gasteiger partial charge in [-0.1, -0.05) is 58.3 Å². The lowest BCUT2D eigenvalue weighted by molar-refractivity contribution is -0.137. The fourth-order valence-electron chi connectivity index (χ4n) is 1.59. The van der Waals surface area contributed by atoms with Gasteiger partial charge in [0.1, 0.15) is 0 Å². The highest BCUT2D eigenvalue weighted by atomic mass is 16.4. The van der Waals surface area contributed by atoms with E-state index in [0.29, 0.717) is 6.42 Å². The molecule has 4 N–H and O–H groups in total. The summed E-state index contributed by atoms with van der Waals surface area (Å²) >= 11 is 0. The van der Waals surface area contributed by atoms with Crippen molar-refractivity contribution in [2.24, 2.45) is 0 Å². The molecule has 0 aliphatic rings. The van der Waals surface area contributed by atoms with Crippen molar-refractivity contribution in [2.75, 3.05) is 21.1 Å². The van der Waals surface area contributed by atoms with E-state index in [1.54, 1.807) is 0 Å². The van der Waals surface area contributed by atoms with Crippen LogP contribution in [0.25, 0.3) is 0 Å². The predicted molar refractivity (Wildman–Crippen MR) is 84.1 cm³/mol. The molecule has 0 aromatic heterocycles. The maximum Gasteiger partial charge on any atom is 0.303 e. The lowest BCUT2D eigenvalue weighted by atomic mass is 10.1. The second-order valence-corrected chi connectivity index (χ2v) is 5.31. The number of hydrogen-bond acceptors (Lipinski definition) is 3. The zero-order chi connectivity index (χ0) is 14.2. The van der Waals surface area contributed by atoms with Crippen LogP contribution in [0, 0.1) is 0 Å². The van der Waals surface area contributed by atoms with Gasteiger partial charge in [0.25, 0.3) is 0 Å². The molecule has 4 nitrogen and oxygen atoms in total. The Morgan fingerprint density at radius 2 is 1.16 bits per heavy atom. The standard InChI is InChI=1S/C12H24O2.C3H9N.H3N/c1-2-3-4-5-6-7-8-9-10-11-12(13)14;1-4(2)3;/h2-11H2,1H3,(H,13,14);1-3H3;1H3. The van der Waals surface area contributed by atoms with Gasteiger partial charge in [0, 0.05) is 6.42 Å². The van der Waals surface area contributed by atoms with Crippen molar-refractivity contribution in [1.29, 1.82) is 0 Å². The van der Waals surface area contributed by atoms with Crippen molar-refractivity contribution in [2.45, 2.75) is 71.1 Å². The van der Waals surface area contributed by atoms with Crippen LogP contribution in [0.3, 0.4) is 0 Å². The van der Waals surface area contributed by atoms with Crippen molar-refractivity contribution in [3.05, 3.63) is 0 Å². The van der Waals surface area contributed by atoms with Crippen LogP contribution in [-0.2, 0) is 4.79 Å². The highest BCUT2D eigenvalue weighted by Crippen LogP contribution is 2.10. The van der Waals surface area contributed by atoms with Gasteiger partial charge in [-0.2, -0.15) is 0 Å². The van der Waals surface area contributed by atoms with Crippen LogP contribution in [0.2, 0.25) is 0 Å². The average Bonchev–Trinajstić information content (AvgIpc) is 2.26. The third kappa shape index (κ3) is 38.2. The molecule has 0 rings (SSSR count). The minimum Gasteiger partial charge on any atom is -0.481 e. The van der Waals surface area contributed by atoms with Gasteiger partial charge in [-0.25, -0.2) is 0 Å². The van der Waals surface area contributed by atoms with Crippen molar-refractivity contribution in [3.63, 3.8) is 0 Å². The number of hydrogen-bond donors (Lipinski definition) is 2. The Hall–Kier alpha value is -0.610. The lowest BCUT2D eigenvalue weighted by Gasteiger charge is -2.00. The molecule has 0 fully saturated rings. The van der Waals surface area contributed by atoms with Gasteiger partial charge < -0.3 is 16.2 Å². The van der Waals surface area contributed by atoms with Crippen LogP contribution in [0.1, 0.15) is 71.1 Å². The minimum absolute atomic E-state index is 0. The minimum atomic E-state index is -0.659. The van der Waals surface area contributed by atoms with Crippen LogP contribution in [0.5, 0.6) is 0 Å². The van der Waals surface area contributed by atoms with E-state index in [4.69, 9.17) is 5.11 Å². The Morgan fingerprint density at radius 1 is 0.842 bits per heavy atom. The second kappa shape index (κ2) is 19.7. The molecule has 0 aromatic rings. The topological polar surface area (TPSA) is 75.5 Å². The Kier molecular flexibility index (Phi) is 24.4. The monoisotopic (exact) mass is 276 g/mol. The van der Waals surface area contributed by atoms with Crippen LogP contribution < -0.4 is 6.15 Å². The van der Waals surface area contributed by atoms with Gasteiger partial charge in [-0.15, -0.1) is 0 Å². The number of aliphatic carboxylic acids is 1. The van der Waals surface area contributed by atoms with E-state index in [9.17, 15) is 4.79 Å². The maximum absolute atomic E-state index is 10.2. The summed E-state index contributed by atoms with van der Waals surface area (Å²) in [5, 5.41) is 8.41. The van der Waals surface area contributed by atoms with E-state index < -0.39 is 5.97 Å². The molecular formula is C15H36N2O2. The quantitative estimate of drug-likeness (QED) is 0.582. The summed E-state index contributed by atoms with van der Waals surface area (Å²) in [6.07, 6.45) is 11.5. The fraction of sp³-hybridized carbons (Fsp3) is 0.933. The van der Waals surface area contributed by atoms with Gasteiger partial charge in [0.15, 0.2) is 0 Å². The summed E-state index contributed by atoms with van der Waals surface area (Å²) in [6.45, 7) is 2.23. The van der Waals surface area contributed by atoms with E-state index >= 15 is 0 Å². The molecule has 118 valence electrons. The van der Waals surface area contributed by atoms with Crippen LogP contribution in [0.15, 0.2) is 0 Å². The molecule has 0 radical (unpaired) electrons. The molecule has 0 saturated carbocycles. The van der Waals surface area contributed by atoms with Gasteiger partial charge in [-0.3, -0.25) is 4.79 Å². The summed E-state index contributed by atoms with van der Waals surface area (Å²) < 4.78 is 0. The van der Waals surface area contributed by atoms with Crippen LogP contribution in [0.4, 0.5) is 0 Å². The van der Waals surface area contributed by atoms with E-state index in [1.807, 2.05) is 26.0 Å². The number of carbonyl (C=O) groups is 1. The van der Waals surface area contributed by atoms with E-state index in [2.05, 4.69) is 6.92 Å². The maximum atomic E-state index is 10.2. The predicted octanol–water partition coefficient (Wildman–Crippen LogP) is 4.33. The van der Waals surface area contributed by atoms with Gasteiger partial charge >= 0.3 is 5.97 Å². The summed E-state index contributed by atoms with van der Waals surface area (Å²) in [5.74, 6) is -0.659. The largest absolute Gasteiger partial charge is 0.481 e. The van der Waals surface area contributed by atoms with Gasteiger partial charge in [0.05, 0.1) is 0 Å². The molecule has 19 heavy (non-hydrogen) atoms. The Bertz CT molecular complexity index is 171. The summed E-state index contributed by atoms with van der Waals surface area (Å²) in [7, 11) is 6.00. The Labute approximate surface area is 120 Å². The summed E-state index contributed by atoms with van der Waals surface area (Å²) in [6, 6.07) is 0. The van der Waals surface area contributed by atoms with Crippen molar-refractivity contribution in [3.8, 4) is 0 Å². The molecule has 0 aromatic carbocycles. The van der Waals surface area contributed by atoms with E-state index in [0.717, 1.165) is 12.8 Å². The SMILES string of the molecule is CCCCCCCCCCCC(=O)O.CN(C)C.N. The number of rotatable bonds is 10. The zero-order valence-electron chi connectivity index (χ0n) is 13.6. The molecule has 4 heteroatoms. The third-order valence-electron chi connectivity index (χ3n) is 2.49. The number of nitrogens with zero attached hydrogens (tertiary/aromatic N) is 1. The van der Waals surface area contributed by atoms with E-state index in [1.165, 1.54) is 44.9 Å². The first kappa shape index (κ1) is 23.5. The van der Waals surface area contributed by atoms with Gasteiger partial charge in [0.2, 0.25) is 0 Å². The smallest absolute Gasteiger partial charge is 0.303 e. The van der Waals surface area contributed by atoms with Gasteiger partial charge in [-0.05, 0) is 27.6 Å². The zero-order valence-corrected chi connectivity index (χ0v) is 13.6. The molecule has 0 saturated heterocycles. The van der Waals surface area contributed by atoms with Crippen LogP contribution >= 0.6 is 0 Å². The summed E-state index contributed by atoms with van der Waals surface area (Å²) in [5.41, 5.74) is 0. The molecular weight excluding hydrogens is 240 g/mol. The first-order chi connectivity index (χ1) is 8.50. The number of carboxylic acid groups (broad SMARTS) is 1. The Morgan fingerprint density at radius 3 is 1.47 bits per heavy atom. The first-order valence-corrected chi connectivity index (χ1v) is 7.33. The van der Waals surface area contributed by atoms with E-state index in [-0.39, 0.29) is 6.15 Å². The second-order valence-electron chi connectivity index (χ2n) is 5.31. The van der Waals surface area contributed by atoms with Crippen molar-refractivity contribution in [1.82, 2.24) is 11.1 Å². The molecule has 0 heterocycles. The third-order valence-corrected chi connectivity index (χ3v) is 2.49. The average molecular weight is 276 g/mol. The van der Waals surface area contributed by atoms with Crippen LogP contribution in [-0.4, -0.2) is 37.1 Å².